The highest BCUT2D eigenvalue weighted by molar-refractivity contribution is 7.89. The van der Waals surface area contributed by atoms with Gasteiger partial charge in [-0.05, 0) is 36.5 Å². The van der Waals surface area contributed by atoms with Gasteiger partial charge in [-0.25, -0.2) is 8.42 Å². The van der Waals surface area contributed by atoms with Crippen molar-refractivity contribution in [1.82, 2.24) is 4.31 Å². The molecule has 1 saturated heterocycles. The van der Waals surface area contributed by atoms with Crippen LogP contribution in [0.15, 0.2) is 23.1 Å². The molecule has 0 aliphatic carbocycles. The molecule has 1 atom stereocenters. The Morgan fingerprint density at radius 3 is 2.38 bits per heavy atom. The zero-order chi connectivity index (χ0) is 17.6. The highest BCUT2D eigenvalue weighted by Crippen LogP contribution is 2.35. The Kier molecular flexibility index (Phi) is 6.03. The minimum atomic E-state index is -4.58. The highest BCUT2D eigenvalue weighted by atomic mass is 35.5. The highest BCUT2D eigenvalue weighted by Gasteiger charge is 2.40. The Balaban J connectivity index is 0.00000288. The van der Waals surface area contributed by atoms with Crippen LogP contribution in [0, 0.1) is 12.3 Å². The number of piperidine rings is 1. The Hall–Kier alpha value is -0.830. The van der Waals surface area contributed by atoms with Crippen molar-refractivity contribution in [3.8, 4) is 0 Å². The van der Waals surface area contributed by atoms with Crippen LogP contribution in [0.3, 0.4) is 0 Å². The molecule has 1 aromatic carbocycles. The quantitative estimate of drug-likeness (QED) is 0.849. The summed E-state index contributed by atoms with van der Waals surface area (Å²) in [5, 5.41) is 0. The second kappa shape index (κ2) is 6.82. The number of hydrogen-bond donors (Lipinski definition) is 1. The van der Waals surface area contributed by atoms with Gasteiger partial charge in [-0.15, -0.1) is 12.4 Å². The van der Waals surface area contributed by atoms with Crippen molar-refractivity contribution in [2.75, 3.05) is 13.1 Å². The Morgan fingerprint density at radius 2 is 1.88 bits per heavy atom. The lowest BCUT2D eigenvalue weighted by Gasteiger charge is -2.41. The van der Waals surface area contributed by atoms with E-state index in [9.17, 15) is 21.6 Å². The van der Waals surface area contributed by atoms with Crippen LogP contribution < -0.4 is 5.73 Å². The maximum Gasteiger partial charge on any atom is 0.416 e. The smallest absolute Gasteiger partial charge is 0.327 e. The standard InChI is InChI=1S/C15H21F3N2O2S.ClH/c1-10-4-5-11(8-12(10)15(16,17)18)23(21,22)20-7-6-13(19)14(2,3)9-20;/h4-5,8,13H,6-7,9,19H2,1-3H3;1H. The molecule has 0 amide bonds. The number of aryl methyl sites for hydroxylation is 1. The summed E-state index contributed by atoms with van der Waals surface area (Å²) in [5.41, 5.74) is 4.63. The summed E-state index contributed by atoms with van der Waals surface area (Å²) >= 11 is 0. The van der Waals surface area contributed by atoms with Crippen molar-refractivity contribution in [3.63, 3.8) is 0 Å². The fourth-order valence-electron chi connectivity index (χ4n) is 2.75. The van der Waals surface area contributed by atoms with Crippen LogP contribution >= 0.6 is 12.4 Å². The van der Waals surface area contributed by atoms with Gasteiger partial charge in [0.2, 0.25) is 10.0 Å². The van der Waals surface area contributed by atoms with Gasteiger partial charge in [-0.3, -0.25) is 0 Å². The summed E-state index contributed by atoms with van der Waals surface area (Å²) in [4.78, 5) is -0.332. The molecule has 1 aliphatic heterocycles. The SMILES string of the molecule is Cc1ccc(S(=O)(=O)N2CCC(N)C(C)(C)C2)cc1C(F)(F)F.Cl. The maximum atomic E-state index is 13.0. The fourth-order valence-corrected chi connectivity index (χ4v) is 4.40. The third kappa shape index (κ3) is 4.04. The van der Waals surface area contributed by atoms with Crippen LogP contribution in [0.2, 0.25) is 0 Å². The summed E-state index contributed by atoms with van der Waals surface area (Å²) in [5.74, 6) is 0. The normalized spacial score (nSPS) is 22.0. The van der Waals surface area contributed by atoms with Gasteiger partial charge in [-0.2, -0.15) is 17.5 Å². The molecule has 0 spiro atoms. The number of sulfonamides is 1. The number of rotatable bonds is 2. The number of hydrogen-bond acceptors (Lipinski definition) is 3. The summed E-state index contributed by atoms with van der Waals surface area (Å²) in [7, 11) is -3.98. The number of alkyl halides is 3. The molecule has 0 aromatic heterocycles. The van der Waals surface area contributed by atoms with Crippen molar-refractivity contribution >= 4 is 22.4 Å². The molecule has 0 saturated carbocycles. The van der Waals surface area contributed by atoms with E-state index in [0.717, 1.165) is 0 Å². The third-order valence-corrected chi connectivity index (χ3v) is 6.27. The lowest BCUT2D eigenvalue weighted by atomic mass is 9.81. The topological polar surface area (TPSA) is 63.4 Å². The Bertz CT molecular complexity index is 705. The van der Waals surface area contributed by atoms with Gasteiger partial charge >= 0.3 is 6.18 Å². The average Bonchev–Trinajstić information content (AvgIpc) is 2.40. The van der Waals surface area contributed by atoms with Crippen LogP contribution in [0.1, 0.15) is 31.4 Å². The second-order valence-corrected chi connectivity index (χ2v) is 8.63. The number of nitrogens with zero attached hydrogens (tertiary/aromatic N) is 1. The molecule has 9 heteroatoms. The summed E-state index contributed by atoms with van der Waals surface area (Å²) < 4.78 is 65.6. The van der Waals surface area contributed by atoms with E-state index in [4.69, 9.17) is 5.73 Å². The predicted molar refractivity (Wildman–Crippen MR) is 88.6 cm³/mol. The van der Waals surface area contributed by atoms with Crippen LogP contribution in [0.5, 0.6) is 0 Å². The molecule has 138 valence electrons. The fraction of sp³-hybridized carbons (Fsp3) is 0.600. The first-order valence-corrected chi connectivity index (χ1v) is 8.73. The predicted octanol–water partition coefficient (Wildman–Crippen LogP) is 3.18. The van der Waals surface area contributed by atoms with E-state index >= 15 is 0 Å². The minimum absolute atomic E-state index is 0. The van der Waals surface area contributed by atoms with Crippen molar-refractivity contribution < 1.29 is 21.6 Å². The molecular formula is C15H22ClF3N2O2S. The molecule has 0 radical (unpaired) electrons. The molecule has 1 fully saturated rings. The van der Waals surface area contributed by atoms with Crippen molar-refractivity contribution in [2.24, 2.45) is 11.1 Å². The van der Waals surface area contributed by atoms with Crippen LogP contribution in [-0.4, -0.2) is 31.9 Å². The summed E-state index contributed by atoms with van der Waals surface area (Å²) in [6, 6.07) is 2.99. The minimum Gasteiger partial charge on any atom is -0.327 e. The van der Waals surface area contributed by atoms with Gasteiger partial charge in [0.05, 0.1) is 10.5 Å². The molecule has 1 heterocycles. The molecular weight excluding hydrogens is 365 g/mol. The van der Waals surface area contributed by atoms with Crippen molar-refractivity contribution in [2.45, 2.75) is 44.3 Å². The van der Waals surface area contributed by atoms with E-state index in [2.05, 4.69) is 0 Å². The molecule has 24 heavy (non-hydrogen) atoms. The number of benzene rings is 1. The first-order valence-electron chi connectivity index (χ1n) is 7.29. The zero-order valence-corrected chi connectivity index (χ0v) is 15.4. The van der Waals surface area contributed by atoms with E-state index in [1.54, 1.807) is 0 Å². The number of nitrogens with two attached hydrogens (primary N) is 1. The zero-order valence-electron chi connectivity index (χ0n) is 13.7. The van der Waals surface area contributed by atoms with Gasteiger partial charge < -0.3 is 5.73 Å². The van der Waals surface area contributed by atoms with Crippen LogP contribution in [0.4, 0.5) is 13.2 Å². The lowest BCUT2D eigenvalue weighted by molar-refractivity contribution is -0.138. The maximum absolute atomic E-state index is 13.0. The monoisotopic (exact) mass is 386 g/mol. The van der Waals surface area contributed by atoms with Gasteiger partial charge in [0.1, 0.15) is 0 Å². The summed E-state index contributed by atoms with van der Waals surface area (Å²) in [6.45, 7) is 5.42. The lowest BCUT2D eigenvalue weighted by Crippen LogP contribution is -2.53. The third-order valence-electron chi connectivity index (χ3n) is 4.43. The largest absolute Gasteiger partial charge is 0.416 e. The van der Waals surface area contributed by atoms with E-state index in [1.807, 2.05) is 13.8 Å². The van der Waals surface area contributed by atoms with Gasteiger partial charge in [0.25, 0.3) is 0 Å². The average molecular weight is 387 g/mol. The van der Waals surface area contributed by atoms with Gasteiger partial charge in [0, 0.05) is 19.1 Å². The molecule has 1 unspecified atom stereocenters. The molecule has 1 aromatic rings. The molecule has 0 bridgehead atoms. The number of halogens is 4. The van der Waals surface area contributed by atoms with Crippen LogP contribution in [0.25, 0.3) is 0 Å². The van der Waals surface area contributed by atoms with E-state index in [1.165, 1.54) is 23.4 Å². The Morgan fingerprint density at radius 1 is 1.29 bits per heavy atom. The second-order valence-electron chi connectivity index (χ2n) is 6.70. The first kappa shape index (κ1) is 21.2. The van der Waals surface area contributed by atoms with E-state index in [-0.39, 0.29) is 42.0 Å². The van der Waals surface area contributed by atoms with E-state index in [0.29, 0.717) is 12.5 Å². The molecule has 2 N–H and O–H groups in total. The summed E-state index contributed by atoms with van der Waals surface area (Å²) in [6.07, 6.45) is -4.11. The molecule has 2 rings (SSSR count). The van der Waals surface area contributed by atoms with Gasteiger partial charge in [0.15, 0.2) is 0 Å². The Labute approximate surface area is 146 Å². The van der Waals surface area contributed by atoms with Crippen LogP contribution in [-0.2, 0) is 16.2 Å². The molecule has 1 aliphatic rings. The van der Waals surface area contributed by atoms with Gasteiger partial charge in [-0.1, -0.05) is 19.9 Å². The van der Waals surface area contributed by atoms with E-state index < -0.39 is 27.2 Å². The first-order chi connectivity index (χ1) is 10.4. The molecule has 4 nitrogen and oxygen atoms in total. The van der Waals surface area contributed by atoms with Crippen molar-refractivity contribution in [3.05, 3.63) is 29.3 Å². The van der Waals surface area contributed by atoms with Crippen molar-refractivity contribution in [1.29, 1.82) is 0 Å².